The van der Waals surface area contributed by atoms with E-state index in [1.165, 1.54) is 0 Å². The quantitative estimate of drug-likeness (QED) is 0.781. The molecule has 140 valence electrons. The van der Waals surface area contributed by atoms with E-state index in [2.05, 4.69) is 0 Å². The normalized spacial score (nSPS) is 26.2. The van der Waals surface area contributed by atoms with E-state index in [9.17, 15) is 14.1 Å². The molecule has 2 rings (SSSR count). The van der Waals surface area contributed by atoms with Crippen molar-refractivity contribution in [1.29, 1.82) is 0 Å². The van der Waals surface area contributed by atoms with Crippen LogP contribution in [-0.4, -0.2) is 32.7 Å². The molecule has 4 nitrogen and oxygen atoms in total. The summed E-state index contributed by atoms with van der Waals surface area (Å²) < 4.78 is 18.5. The second-order valence-corrected chi connectivity index (χ2v) is 8.95. The predicted molar refractivity (Wildman–Crippen MR) is 99.8 cm³/mol. The lowest BCUT2D eigenvalue weighted by Crippen LogP contribution is -2.57. The number of ether oxygens (including phenoxy) is 1. The van der Waals surface area contributed by atoms with Crippen LogP contribution in [-0.2, 0) is 20.3 Å². The highest BCUT2D eigenvalue weighted by molar-refractivity contribution is 7.85. The van der Waals surface area contributed by atoms with Gasteiger partial charge in [0, 0.05) is 4.90 Å². The number of rotatable bonds is 6. The summed E-state index contributed by atoms with van der Waals surface area (Å²) in [6.45, 7) is 7.87. The lowest BCUT2D eigenvalue weighted by Gasteiger charge is -2.45. The fourth-order valence-corrected chi connectivity index (χ4v) is 5.67. The molecule has 0 aliphatic heterocycles. The monoisotopic (exact) mass is 366 g/mol. The largest absolute Gasteiger partial charge is 0.466 e. The Morgan fingerprint density at radius 2 is 1.96 bits per heavy atom. The molecule has 0 radical (unpaired) electrons. The molecular weight excluding hydrogens is 336 g/mol. The summed E-state index contributed by atoms with van der Waals surface area (Å²) in [5.41, 5.74) is -0.194. The zero-order valence-electron chi connectivity index (χ0n) is 15.7. The van der Waals surface area contributed by atoms with E-state index in [-0.39, 0.29) is 18.5 Å². The number of aryl methyl sites for hydroxylation is 1. The molecule has 0 amide bonds. The Bertz CT molecular complexity index is 611. The highest BCUT2D eigenvalue weighted by atomic mass is 32.2. The van der Waals surface area contributed by atoms with Gasteiger partial charge >= 0.3 is 5.97 Å². The van der Waals surface area contributed by atoms with Gasteiger partial charge in [-0.25, -0.2) is 0 Å². The Hall–Kier alpha value is -1.20. The minimum absolute atomic E-state index is 0.0836. The van der Waals surface area contributed by atoms with Crippen LogP contribution in [0.25, 0.3) is 0 Å². The van der Waals surface area contributed by atoms with Gasteiger partial charge in [0.2, 0.25) is 0 Å². The van der Waals surface area contributed by atoms with E-state index in [0.29, 0.717) is 17.7 Å². The fourth-order valence-electron chi connectivity index (χ4n) is 3.92. The maximum Gasteiger partial charge on any atom is 0.312 e. The Labute approximate surface area is 153 Å². The van der Waals surface area contributed by atoms with Crippen molar-refractivity contribution in [3.63, 3.8) is 0 Å². The van der Waals surface area contributed by atoms with Crippen LogP contribution in [0.1, 0.15) is 52.0 Å². The standard InChI is InChI=1S/C20H30O4S/c1-5-24-19(21)18(14(2)3)20(22)13-7-6-8-17(20)25(23)16-11-9-15(4)10-12-16/h9-12,14,17-18,22H,5-8,13H2,1-4H3/t17-,18-,20+,25-/m0/s1. The second kappa shape index (κ2) is 8.45. The van der Waals surface area contributed by atoms with Gasteiger partial charge in [0.25, 0.3) is 0 Å². The third-order valence-corrected chi connectivity index (χ3v) is 7.01. The van der Waals surface area contributed by atoms with Gasteiger partial charge in [-0.05, 0) is 44.7 Å². The van der Waals surface area contributed by atoms with Crippen LogP contribution in [0.5, 0.6) is 0 Å². The molecular formula is C20H30O4S. The second-order valence-electron chi connectivity index (χ2n) is 7.31. The first-order valence-electron chi connectivity index (χ1n) is 9.17. The molecule has 0 heterocycles. The van der Waals surface area contributed by atoms with Crippen LogP contribution in [0.3, 0.4) is 0 Å². The number of aliphatic hydroxyl groups is 1. The average molecular weight is 367 g/mol. The Kier molecular flexibility index (Phi) is 6.80. The molecule has 1 saturated carbocycles. The van der Waals surface area contributed by atoms with Gasteiger partial charge in [-0.2, -0.15) is 0 Å². The smallest absolute Gasteiger partial charge is 0.312 e. The van der Waals surface area contributed by atoms with Gasteiger partial charge in [0.05, 0.1) is 34.2 Å². The molecule has 0 spiro atoms. The Morgan fingerprint density at radius 3 is 2.52 bits per heavy atom. The van der Waals surface area contributed by atoms with Gasteiger partial charge in [-0.1, -0.05) is 44.4 Å². The summed E-state index contributed by atoms with van der Waals surface area (Å²) >= 11 is 0. The predicted octanol–water partition coefficient (Wildman–Crippen LogP) is 3.61. The molecule has 25 heavy (non-hydrogen) atoms. The van der Waals surface area contributed by atoms with Crippen molar-refractivity contribution in [1.82, 2.24) is 0 Å². The maximum atomic E-state index is 13.2. The molecule has 1 fully saturated rings. The van der Waals surface area contributed by atoms with Crippen LogP contribution >= 0.6 is 0 Å². The summed E-state index contributed by atoms with van der Waals surface area (Å²) in [5, 5.41) is 11.1. The van der Waals surface area contributed by atoms with E-state index in [4.69, 9.17) is 4.74 Å². The number of hydrogen-bond donors (Lipinski definition) is 1. The molecule has 0 saturated heterocycles. The molecule has 1 aromatic carbocycles. The number of benzene rings is 1. The average Bonchev–Trinajstić information content (AvgIpc) is 2.55. The van der Waals surface area contributed by atoms with Crippen molar-refractivity contribution in [3.05, 3.63) is 29.8 Å². The lowest BCUT2D eigenvalue weighted by atomic mass is 9.71. The number of hydrogen-bond acceptors (Lipinski definition) is 4. The molecule has 1 aromatic rings. The van der Waals surface area contributed by atoms with Crippen molar-refractivity contribution in [2.75, 3.05) is 6.61 Å². The first-order valence-corrected chi connectivity index (χ1v) is 10.4. The highest BCUT2D eigenvalue weighted by Crippen LogP contribution is 2.42. The Balaban J connectivity index is 2.38. The summed E-state index contributed by atoms with van der Waals surface area (Å²) in [7, 11) is -1.36. The summed E-state index contributed by atoms with van der Waals surface area (Å²) in [6.07, 6.45) is 2.88. The minimum atomic E-state index is -1.36. The maximum absolute atomic E-state index is 13.2. The van der Waals surface area contributed by atoms with E-state index in [1.54, 1.807) is 6.92 Å². The van der Waals surface area contributed by atoms with Crippen LogP contribution in [0.15, 0.2) is 29.2 Å². The molecule has 5 heteroatoms. The molecule has 1 aliphatic carbocycles. The molecule has 1 N–H and O–H groups in total. The molecule has 0 bridgehead atoms. The molecule has 4 atom stereocenters. The summed E-state index contributed by atoms with van der Waals surface area (Å²) in [6, 6.07) is 7.57. The van der Waals surface area contributed by atoms with E-state index in [0.717, 1.165) is 18.4 Å². The molecule has 0 aromatic heterocycles. The van der Waals surface area contributed by atoms with E-state index in [1.807, 2.05) is 45.0 Å². The van der Waals surface area contributed by atoms with Gasteiger partial charge < -0.3 is 9.84 Å². The van der Waals surface area contributed by atoms with Gasteiger partial charge in [-0.3, -0.25) is 9.00 Å². The van der Waals surface area contributed by atoms with Crippen molar-refractivity contribution in [2.24, 2.45) is 11.8 Å². The lowest BCUT2D eigenvalue weighted by molar-refractivity contribution is -0.164. The van der Waals surface area contributed by atoms with Crippen LogP contribution in [0.2, 0.25) is 0 Å². The minimum Gasteiger partial charge on any atom is -0.466 e. The SMILES string of the molecule is CCOC(=O)[C@H](C(C)C)[C@@]1(O)CCCC[C@@H]1[S@@](=O)c1ccc(C)cc1. The third kappa shape index (κ3) is 4.32. The van der Waals surface area contributed by atoms with Crippen molar-refractivity contribution >= 4 is 16.8 Å². The van der Waals surface area contributed by atoms with Crippen LogP contribution in [0.4, 0.5) is 0 Å². The summed E-state index contributed by atoms with van der Waals surface area (Å²) in [5.74, 6) is -1.13. The summed E-state index contributed by atoms with van der Waals surface area (Å²) in [4.78, 5) is 13.3. The van der Waals surface area contributed by atoms with Gasteiger partial charge in [0.1, 0.15) is 0 Å². The van der Waals surface area contributed by atoms with Crippen molar-refractivity contribution in [2.45, 2.75) is 69.1 Å². The van der Waals surface area contributed by atoms with Crippen LogP contribution in [0, 0.1) is 18.8 Å². The number of carbonyl (C=O) groups is 1. The zero-order valence-corrected chi connectivity index (χ0v) is 16.5. The molecule has 1 aliphatic rings. The Morgan fingerprint density at radius 1 is 1.32 bits per heavy atom. The first-order chi connectivity index (χ1) is 11.8. The van der Waals surface area contributed by atoms with E-state index >= 15 is 0 Å². The first kappa shape index (κ1) is 20.1. The zero-order chi connectivity index (χ0) is 18.6. The number of carbonyl (C=O) groups excluding carboxylic acids is 1. The number of esters is 1. The van der Waals surface area contributed by atoms with E-state index < -0.39 is 27.6 Å². The topological polar surface area (TPSA) is 63.6 Å². The van der Waals surface area contributed by atoms with Crippen LogP contribution < -0.4 is 0 Å². The van der Waals surface area contributed by atoms with Crippen molar-refractivity contribution < 1.29 is 18.8 Å². The van der Waals surface area contributed by atoms with Gasteiger partial charge in [-0.15, -0.1) is 0 Å². The van der Waals surface area contributed by atoms with Crippen molar-refractivity contribution in [3.8, 4) is 0 Å². The molecule has 0 unspecified atom stereocenters. The van der Waals surface area contributed by atoms with Gasteiger partial charge in [0.15, 0.2) is 0 Å². The fraction of sp³-hybridized carbons (Fsp3) is 0.650. The highest BCUT2D eigenvalue weighted by Gasteiger charge is 2.52. The third-order valence-electron chi connectivity index (χ3n) is 5.11.